The third-order valence-corrected chi connectivity index (χ3v) is 8.06. The van der Waals surface area contributed by atoms with Crippen molar-refractivity contribution in [3.63, 3.8) is 0 Å². The molecule has 0 radical (unpaired) electrons. The summed E-state index contributed by atoms with van der Waals surface area (Å²) in [7, 11) is 0. The van der Waals surface area contributed by atoms with Crippen molar-refractivity contribution >= 4 is 29.3 Å². The Balaban J connectivity index is 1.42. The summed E-state index contributed by atoms with van der Waals surface area (Å²) in [5, 5.41) is 3.30. The average molecular weight is 489 g/mol. The summed E-state index contributed by atoms with van der Waals surface area (Å²) in [6.45, 7) is 0.138. The summed E-state index contributed by atoms with van der Waals surface area (Å²) in [6, 6.07) is 22.1. The van der Waals surface area contributed by atoms with Gasteiger partial charge in [-0.15, -0.1) is 11.8 Å². The van der Waals surface area contributed by atoms with Gasteiger partial charge in [0.2, 0.25) is 5.91 Å². The Kier molecular flexibility index (Phi) is 7.19. The van der Waals surface area contributed by atoms with Crippen molar-refractivity contribution in [2.45, 2.75) is 49.6 Å². The average Bonchev–Trinajstić information content (AvgIpc) is 2.90. The van der Waals surface area contributed by atoms with Gasteiger partial charge in [0.15, 0.2) is 0 Å². The lowest BCUT2D eigenvalue weighted by molar-refractivity contribution is -0.116. The third kappa shape index (κ3) is 5.27. The second-order valence-corrected chi connectivity index (χ2v) is 10.3. The molecule has 1 aliphatic heterocycles. The molecule has 0 spiro atoms. The first-order valence-corrected chi connectivity index (χ1v) is 13.2. The number of nitrogens with one attached hydrogen (secondary N) is 1. The van der Waals surface area contributed by atoms with E-state index in [1.807, 2.05) is 30.3 Å². The van der Waals surface area contributed by atoms with Crippen LogP contribution in [0.5, 0.6) is 0 Å². The van der Waals surface area contributed by atoms with Crippen LogP contribution in [-0.2, 0) is 11.3 Å². The standard InChI is InChI=1S/C29H29FN2O2S/c30-24-14-8-7-13-23(24)18-32-25-17-22(15-16-26(25)35-19-27(32)33)29(34)31-28(20-9-3-1-4-10-20)21-11-5-2-6-12-21/h1,3-4,7-10,13-17,21,28H,2,5-6,11-12,18-19H2,(H,31,34). The second-order valence-electron chi connectivity index (χ2n) is 9.30. The molecule has 6 heteroatoms. The van der Waals surface area contributed by atoms with Crippen LogP contribution < -0.4 is 10.2 Å². The smallest absolute Gasteiger partial charge is 0.251 e. The normalized spacial score (nSPS) is 17.1. The van der Waals surface area contributed by atoms with E-state index in [1.165, 1.54) is 37.1 Å². The largest absolute Gasteiger partial charge is 0.345 e. The van der Waals surface area contributed by atoms with Crippen LogP contribution >= 0.6 is 11.8 Å². The van der Waals surface area contributed by atoms with Crippen LogP contribution in [0.4, 0.5) is 10.1 Å². The molecule has 3 aromatic carbocycles. The number of halogens is 1. The van der Waals surface area contributed by atoms with E-state index in [2.05, 4.69) is 17.4 Å². The number of thioether (sulfide) groups is 1. The van der Waals surface area contributed by atoms with Crippen LogP contribution in [-0.4, -0.2) is 17.6 Å². The fourth-order valence-electron chi connectivity index (χ4n) is 5.14. The molecule has 35 heavy (non-hydrogen) atoms. The maximum Gasteiger partial charge on any atom is 0.251 e. The topological polar surface area (TPSA) is 49.4 Å². The third-order valence-electron chi connectivity index (χ3n) is 7.02. The van der Waals surface area contributed by atoms with Crippen molar-refractivity contribution in [3.8, 4) is 0 Å². The van der Waals surface area contributed by atoms with Gasteiger partial charge in [0.25, 0.3) is 5.91 Å². The molecule has 4 nitrogen and oxygen atoms in total. The van der Waals surface area contributed by atoms with Crippen molar-refractivity contribution in [3.05, 3.63) is 95.3 Å². The minimum Gasteiger partial charge on any atom is -0.345 e. The van der Waals surface area contributed by atoms with Crippen molar-refractivity contribution in [2.24, 2.45) is 5.92 Å². The zero-order valence-electron chi connectivity index (χ0n) is 19.6. The fraction of sp³-hybridized carbons (Fsp3) is 0.310. The van der Waals surface area contributed by atoms with E-state index in [0.29, 0.717) is 28.5 Å². The fourth-order valence-corrected chi connectivity index (χ4v) is 6.06. The first kappa shape index (κ1) is 23.6. The minimum absolute atomic E-state index is 0.0504. The highest BCUT2D eigenvalue weighted by Crippen LogP contribution is 2.38. The van der Waals surface area contributed by atoms with Gasteiger partial charge in [0.1, 0.15) is 5.82 Å². The molecule has 180 valence electrons. The number of rotatable bonds is 6. The van der Waals surface area contributed by atoms with Gasteiger partial charge in [-0.3, -0.25) is 9.59 Å². The lowest BCUT2D eigenvalue weighted by Crippen LogP contribution is -2.36. The number of fused-ring (bicyclic) bond motifs is 1. The molecule has 1 aliphatic carbocycles. The van der Waals surface area contributed by atoms with Gasteiger partial charge < -0.3 is 10.2 Å². The summed E-state index contributed by atoms with van der Waals surface area (Å²) in [6.07, 6.45) is 5.83. The summed E-state index contributed by atoms with van der Waals surface area (Å²) in [5.41, 5.74) is 2.75. The van der Waals surface area contributed by atoms with Crippen LogP contribution in [0, 0.1) is 11.7 Å². The molecular formula is C29H29FN2O2S. The number of amides is 2. The number of anilines is 1. The van der Waals surface area contributed by atoms with Gasteiger partial charge in [-0.05, 0) is 48.6 Å². The summed E-state index contributed by atoms with van der Waals surface area (Å²) >= 11 is 1.45. The Hall–Kier alpha value is -3.12. The van der Waals surface area contributed by atoms with E-state index < -0.39 is 0 Å². The van der Waals surface area contributed by atoms with E-state index in [9.17, 15) is 14.0 Å². The summed E-state index contributed by atoms with van der Waals surface area (Å²) in [4.78, 5) is 28.8. The van der Waals surface area contributed by atoms with E-state index in [4.69, 9.17) is 0 Å². The Morgan fingerprint density at radius 1 is 1.00 bits per heavy atom. The van der Waals surface area contributed by atoms with Gasteiger partial charge in [-0.1, -0.05) is 67.8 Å². The molecular weight excluding hydrogens is 459 g/mol. The SMILES string of the molecule is O=C(NC(c1ccccc1)C1CCCCC1)c1ccc2c(c1)N(Cc1ccccc1F)C(=O)CS2. The molecule has 1 saturated carbocycles. The zero-order valence-corrected chi connectivity index (χ0v) is 20.4. The van der Waals surface area contributed by atoms with E-state index in [0.717, 1.165) is 23.3 Å². The molecule has 1 heterocycles. The minimum atomic E-state index is -0.341. The van der Waals surface area contributed by atoms with Gasteiger partial charge in [-0.2, -0.15) is 0 Å². The van der Waals surface area contributed by atoms with E-state index >= 15 is 0 Å². The number of carbonyl (C=O) groups excluding carboxylic acids is 2. The van der Waals surface area contributed by atoms with Crippen LogP contribution in [0.15, 0.2) is 77.7 Å². The van der Waals surface area contributed by atoms with Gasteiger partial charge in [-0.25, -0.2) is 4.39 Å². The lowest BCUT2D eigenvalue weighted by atomic mass is 9.81. The van der Waals surface area contributed by atoms with E-state index in [-0.39, 0.29) is 30.2 Å². The Bertz CT molecular complexity index is 1210. The molecule has 1 atom stereocenters. The maximum absolute atomic E-state index is 14.3. The highest BCUT2D eigenvalue weighted by atomic mass is 32.2. The molecule has 0 bridgehead atoms. The van der Waals surface area contributed by atoms with Gasteiger partial charge in [0, 0.05) is 16.0 Å². The molecule has 5 rings (SSSR count). The van der Waals surface area contributed by atoms with Crippen molar-refractivity contribution in [1.29, 1.82) is 0 Å². The van der Waals surface area contributed by atoms with Crippen LogP contribution in [0.3, 0.4) is 0 Å². The van der Waals surface area contributed by atoms with Crippen molar-refractivity contribution in [1.82, 2.24) is 5.32 Å². The Morgan fingerprint density at radius 3 is 2.51 bits per heavy atom. The number of carbonyl (C=O) groups is 2. The monoisotopic (exact) mass is 488 g/mol. The predicted octanol–water partition coefficient (Wildman–Crippen LogP) is 6.52. The molecule has 0 aromatic heterocycles. The van der Waals surface area contributed by atoms with Gasteiger partial charge in [0.05, 0.1) is 24.0 Å². The first-order valence-electron chi connectivity index (χ1n) is 12.3. The van der Waals surface area contributed by atoms with Crippen LogP contribution in [0.25, 0.3) is 0 Å². The molecule has 1 N–H and O–H groups in total. The summed E-state index contributed by atoms with van der Waals surface area (Å²) in [5.74, 6) is 0.119. The molecule has 2 amide bonds. The molecule has 0 saturated heterocycles. The quantitative estimate of drug-likeness (QED) is 0.430. The summed E-state index contributed by atoms with van der Waals surface area (Å²) < 4.78 is 14.3. The first-order chi connectivity index (χ1) is 17.1. The maximum atomic E-state index is 14.3. The molecule has 1 unspecified atom stereocenters. The number of benzene rings is 3. The highest BCUT2D eigenvalue weighted by molar-refractivity contribution is 8.00. The Labute approximate surface area is 209 Å². The van der Waals surface area contributed by atoms with Gasteiger partial charge >= 0.3 is 0 Å². The van der Waals surface area contributed by atoms with Crippen LogP contribution in [0.2, 0.25) is 0 Å². The van der Waals surface area contributed by atoms with Crippen molar-refractivity contribution < 1.29 is 14.0 Å². The molecule has 2 aliphatic rings. The zero-order chi connectivity index (χ0) is 24.2. The molecule has 1 fully saturated rings. The number of hydrogen-bond acceptors (Lipinski definition) is 3. The Morgan fingerprint density at radius 2 is 1.74 bits per heavy atom. The predicted molar refractivity (Wildman–Crippen MR) is 138 cm³/mol. The number of hydrogen-bond donors (Lipinski definition) is 1. The van der Waals surface area contributed by atoms with E-state index in [1.54, 1.807) is 29.2 Å². The van der Waals surface area contributed by atoms with Crippen molar-refractivity contribution in [2.75, 3.05) is 10.7 Å². The number of nitrogens with zero attached hydrogens (tertiary/aromatic N) is 1. The highest BCUT2D eigenvalue weighted by Gasteiger charge is 2.29. The second kappa shape index (κ2) is 10.6. The lowest BCUT2D eigenvalue weighted by Gasteiger charge is -2.32. The van der Waals surface area contributed by atoms with Crippen LogP contribution in [0.1, 0.15) is 59.6 Å². The molecule has 3 aromatic rings.